The zero-order valence-corrected chi connectivity index (χ0v) is 14.5. The van der Waals surface area contributed by atoms with Crippen LogP contribution in [0.1, 0.15) is 11.1 Å². The first-order valence-corrected chi connectivity index (χ1v) is 8.69. The molecule has 0 bridgehead atoms. The van der Waals surface area contributed by atoms with Crippen LogP contribution < -0.4 is 14.8 Å². The van der Waals surface area contributed by atoms with Crippen LogP contribution in [-0.2, 0) is 14.8 Å². The molecule has 0 unspecified atom stereocenters. The Balaban J connectivity index is 2.19. The highest BCUT2D eigenvalue weighted by Gasteiger charge is 2.16. The summed E-state index contributed by atoms with van der Waals surface area (Å²) in [7, 11) is -2.24. The number of ether oxygens (including phenoxy) is 1. The van der Waals surface area contributed by atoms with Gasteiger partial charge in [-0.05, 0) is 55.3 Å². The lowest BCUT2D eigenvalue weighted by Gasteiger charge is -2.11. The number of nitrogens with zero attached hydrogens (tertiary/aromatic N) is 1. The van der Waals surface area contributed by atoms with Gasteiger partial charge < -0.3 is 10.1 Å². The molecule has 7 nitrogen and oxygen atoms in total. The van der Waals surface area contributed by atoms with Gasteiger partial charge in [0.15, 0.2) is 6.61 Å². The molecule has 2 rings (SSSR count). The molecule has 1 heterocycles. The van der Waals surface area contributed by atoms with Gasteiger partial charge in [-0.15, -0.1) is 0 Å². The highest BCUT2D eigenvalue weighted by atomic mass is 32.2. The minimum absolute atomic E-state index is 0.0931. The van der Waals surface area contributed by atoms with Crippen LogP contribution in [0.5, 0.6) is 5.75 Å². The highest BCUT2D eigenvalue weighted by molar-refractivity contribution is 7.92. The molecule has 0 aliphatic rings. The number of aryl methyl sites for hydroxylation is 2. The summed E-state index contributed by atoms with van der Waals surface area (Å²) in [6.07, 6.45) is 1.54. The molecule has 0 spiro atoms. The second kappa shape index (κ2) is 7.31. The summed E-state index contributed by atoms with van der Waals surface area (Å²) < 4.78 is 32.7. The van der Waals surface area contributed by atoms with Gasteiger partial charge in [-0.3, -0.25) is 9.52 Å². The Bertz CT molecular complexity index is 850. The van der Waals surface area contributed by atoms with Gasteiger partial charge >= 0.3 is 0 Å². The third kappa shape index (κ3) is 4.45. The summed E-state index contributed by atoms with van der Waals surface area (Å²) >= 11 is 0. The second-order valence-electron chi connectivity index (χ2n) is 5.21. The fourth-order valence-corrected chi connectivity index (χ4v) is 3.04. The molecule has 8 heteroatoms. The smallest absolute Gasteiger partial charge is 0.263 e. The number of sulfonamides is 1. The van der Waals surface area contributed by atoms with Gasteiger partial charge in [-0.25, -0.2) is 13.4 Å². The van der Waals surface area contributed by atoms with Crippen molar-refractivity contribution in [2.45, 2.75) is 18.7 Å². The lowest BCUT2D eigenvalue weighted by Crippen LogP contribution is -2.25. The molecule has 0 saturated carbocycles. The van der Waals surface area contributed by atoms with E-state index in [1.54, 1.807) is 19.1 Å². The molecular weight excluding hydrogens is 330 g/mol. The highest BCUT2D eigenvalue weighted by Crippen LogP contribution is 2.23. The monoisotopic (exact) mass is 349 g/mol. The summed E-state index contributed by atoms with van der Waals surface area (Å²) in [6, 6.07) is 7.85. The maximum Gasteiger partial charge on any atom is 0.263 e. The van der Waals surface area contributed by atoms with E-state index in [2.05, 4.69) is 15.0 Å². The van der Waals surface area contributed by atoms with Gasteiger partial charge in [0.2, 0.25) is 0 Å². The van der Waals surface area contributed by atoms with Gasteiger partial charge in [-0.1, -0.05) is 0 Å². The maximum atomic E-state index is 12.4. The van der Waals surface area contributed by atoms with E-state index in [0.29, 0.717) is 11.3 Å². The van der Waals surface area contributed by atoms with E-state index in [0.717, 1.165) is 5.56 Å². The Morgan fingerprint density at radius 3 is 2.58 bits per heavy atom. The number of benzene rings is 1. The fourth-order valence-electron chi connectivity index (χ4n) is 1.96. The third-order valence-corrected chi connectivity index (χ3v) is 4.60. The molecule has 1 aromatic heterocycles. The van der Waals surface area contributed by atoms with Crippen LogP contribution in [0.3, 0.4) is 0 Å². The van der Waals surface area contributed by atoms with Crippen molar-refractivity contribution >= 4 is 21.7 Å². The Morgan fingerprint density at radius 1 is 1.21 bits per heavy atom. The number of likely N-dealkylation sites (N-methyl/N-ethyl adjacent to an activating group) is 1. The number of anilines is 1. The predicted octanol–water partition coefficient (Wildman–Crippen LogP) is 1.62. The number of rotatable bonds is 6. The first kappa shape index (κ1) is 17.7. The van der Waals surface area contributed by atoms with Crippen molar-refractivity contribution < 1.29 is 17.9 Å². The molecule has 2 aromatic rings. The zero-order chi connectivity index (χ0) is 17.7. The standard InChI is InChI=1S/C16H19N3O4S/c1-11-6-7-18-15(8-11)19-24(21,22)13-4-5-14(12(2)9-13)23-10-16(20)17-3/h4-9H,10H2,1-3H3,(H,17,20)(H,18,19). The molecular formula is C16H19N3O4S. The van der Waals surface area contributed by atoms with E-state index in [1.807, 2.05) is 6.92 Å². The van der Waals surface area contributed by atoms with Gasteiger partial charge in [0, 0.05) is 13.2 Å². The third-order valence-electron chi connectivity index (χ3n) is 3.25. The topological polar surface area (TPSA) is 97.4 Å². The summed E-state index contributed by atoms with van der Waals surface area (Å²) in [5.41, 5.74) is 1.51. The molecule has 128 valence electrons. The minimum atomic E-state index is -3.75. The van der Waals surface area contributed by atoms with Crippen molar-refractivity contribution in [1.29, 1.82) is 0 Å². The quantitative estimate of drug-likeness (QED) is 0.826. The van der Waals surface area contributed by atoms with Crippen molar-refractivity contribution in [2.75, 3.05) is 18.4 Å². The Hall–Kier alpha value is -2.61. The van der Waals surface area contributed by atoms with Gasteiger partial charge in [0.25, 0.3) is 15.9 Å². The molecule has 0 radical (unpaired) electrons. The first-order chi connectivity index (χ1) is 11.3. The lowest BCUT2D eigenvalue weighted by molar-refractivity contribution is -0.122. The normalized spacial score (nSPS) is 11.0. The van der Waals surface area contributed by atoms with Crippen LogP contribution in [0.15, 0.2) is 41.4 Å². The molecule has 0 saturated heterocycles. The van der Waals surface area contributed by atoms with Gasteiger partial charge in [0.05, 0.1) is 4.90 Å². The SMILES string of the molecule is CNC(=O)COc1ccc(S(=O)(=O)Nc2cc(C)ccn2)cc1C. The number of amides is 1. The average Bonchev–Trinajstić information content (AvgIpc) is 2.52. The zero-order valence-electron chi connectivity index (χ0n) is 13.7. The van der Waals surface area contributed by atoms with E-state index in [1.165, 1.54) is 31.4 Å². The minimum Gasteiger partial charge on any atom is -0.484 e. The fraction of sp³-hybridized carbons (Fsp3) is 0.250. The second-order valence-corrected chi connectivity index (χ2v) is 6.90. The number of pyridine rings is 1. The average molecular weight is 349 g/mol. The molecule has 0 aliphatic heterocycles. The van der Waals surface area contributed by atoms with E-state index in [-0.39, 0.29) is 23.2 Å². The van der Waals surface area contributed by atoms with Crippen LogP contribution in [0.4, 0.5) is 5.82 Å². The number of aromatic nitrogens is 1. The Kier molecular flexibility index (Phi) is 5.40. The summed E-state index contributed by atoms with van der Waals surface area (Å²) in [5, 5.41) is 2.45. The molecule has 0 fully saturated rings. The van der Waals surface area contributed by atoms with Crippen LogP contribution in [0.2, 0.25) is 0 Å². The van der Waals surface area contributed by atoms with Gasteiger partial charge in [-0.2, -0.15) is 0 Å². The molecule has 1 aromatic carbocycles. The van der Waals surface area contributed by atoms with Crippen molar-refractivity contribution in [3.63, 3.8) is 0 Å². The van der Waals surface area contributed by atoms with Gasteiger partial charge in [0.1, 0.15) is 11.6 Å². The van der Waals surface area contributed by atoms with Crippen LogP contribution in [0.25, 0.3) is 0 Å². The van der Waals surface area contributed by atoms with E-state index in [9.17, 15) is 13.2 Å². The van der Waals surface area contributed by atoms with E-state index >= 15 is 0 Å². The predicted molar refractivity (Wildman–Crippen MR) is 90.5 cm³/mol. The number of nitrogens with one attached hydrogen (secondary N) is 2. The molecule has 2 N–H and O–H groups in total. The number of hydrogen-bond donors (Lipinski definition) is 2. The number of carbonyl (C=O) groups is 1. The van der Waals surface area contributed by atoms with Crippen molar-refractivity contribution in [3.8, 4) is 5.75 Å². The molecule has 1 amide bonds. The Labute approximate surface area is 141 Å². The summed E-state index contributed by atoms with van der Waals surface area (Å²) in [5.74, 6) is 0.442. The largest absolute Gasteiger partial charge is 0.484 e. The maximum absolute atomic E-state index is 12.4. The molecule has 0 aliphatic carbocycles. The lowest BCUT2D eigenvalue weighted by atomic mass is 10.2. The van der Waals surface area contributed by atoms with Crippen molar-refractivity contribution in [3.05, 3.63) is 47.7 Å². The number of hydrogen-bond acceptors (Lipinski definition) is 5. The summed E-state index contributed by atoms with van der Waals surface area (Å²) in [6.45, 7) is 3.43. The van der Waals surface area contributed by atoms with Crippen molar-refractivity contribution in [1.82, 2.24) is 10.3 Å². The number of carbonyl (C=O) groups excluding carboxylic acids is 1. The summed E-state index contributed by atoms with van der Waals surface area (Å²) in [4.78, 5) is 15.3. The van der Waals surface area contributed by atoms with Crippen molar-refractivity contribution in [2.24, 2.45) is 0 Å². The first-order valence-electron chi connectivity index (χ1n) is 7.21. The van der Waals surface area contributed by atoms with Crippen LogP contribution in [-0.4, -0.2) is 33.0 Å². The van der Waals surface area contributed by atoms with E-state index < -0.39 is 10.0 Å². The molecule has 0 atom stereocenters. The van der Waals surface area contributed by atoms with Crippen LogP contribution in [0, 0.1) is 13.8 Å². The van der Waals surface area contributed by atoms with Crippen LogP contribution >= 0.6 is 0 Å². The van der Waals surface area contributed by atoms with E-state index in [4.69, 9.17) is 4.74 Å². The molecule has 24 heavy (non-hydrogen) atoms. The Morgan fingerprint density at radius 2 is 1.96 bits per heavy atom.